The van der Waals surface area contributed by atoms with E-state index in [1.54, 1.807) is 30.5 Å². The Hall–Kier alpha value is -2.67. The molecule has 182 valence electrons. The van der Waals surface area contributed by atoms with Crippen molar-refractivity contribution in [2.24, 2.45) is 0 Å². The third-order valence-corrected chi connectivity index (χ3v) is 8.30. The molecule has 34 heavy (non-hydrogen) atoms. The minimum Gasteiger partial charge on any atom is -0.326 e. The molecule has 3 aromatic rings. The van der Waals surface area contributed by atoms with E-state index in [2.05, 4.69) is 15.0 Å². The Morgan fingerprint density at radius 1 is 1.12 bits per heavy atom. The van der Waals surface area contributed by atoms with Crippen molar-refractivity contribution < 1.29 is 21.6 Å². The number of benzene rings is 2. The van der Waals surface area contributed by atoms with E-state index in [9.17, 15) is 21.6 Å². The predicted molar refractivity (Wildman–Crippen MR) is 136 cm³/mol. The number of rotatable bonds is 10. The number of anilines is 3. The molecule has 1 aromatic heterocycles. The van der Waals surface area contributed by atoms with Crippen molar-refractivity contribution in [1.29, 1.82) is 0 Å². The van der Waals surface area contributed by atoms with Crippen LogP contribution < -0.4 is 14.3 Å². The normalized spacial score (nSPS) is 11.7. The van der Waals surface area contributed by atoms with Gasteiger partial charge in [0.2, 0.25) is 15.9 Å². The number of sulfonamides is 2. The highest BCUT2D eigenvalue weighted by atomic mass is 35.5. The van der Waals surface area contributed by atoms with E-state index in [1.165, 1.54) is 34.8 Å². The Kier molecular flexibility index (Phi) is 8.18. The monoisotopic (exact) mass is 542 g/mol. The lowest BCUT2D eigenvalue weighted by molar-refractivity contribution is -0.116. The fourth-order valence-corrected chi connectivity index (χ4v) is 6.06. The molecule has 1 amide bonds. The zero-order valence-corrected chi connectivity index (χ0v) is 21.6. The van der Waals surface area contributed by atoms with Crippen LogP contribution in [0, 0.1) is 6.92 Å². The fourth-order valence-electron chi connectivity index (χ4n) is 3.09. The van der Waals surface area contributed by atoms with Gasteiger partial charge in [-0.2, -0.15) is 0 Å². The van der Waals surface area contributed by atoms with E-state index in [1.807, 2.05) is 0 Å². The Bertz CT molecular complexity index is 1360. The van der Waals surface area contributed by atoms with Crippen molar-refractivity contribution in [3.05, 3.63) is 64.6 Å². The van der Waals surface area contributed by atoms with Crippen LogP contribution in [-0.2, 0) is 24.8 Å². The first-order valence-electron chi connectivity index (χ1n) is 10.0. The standard InChI is InChI=1S/C21H23ClN4O5S3/c1-15-5-6-16(22)14-19(15)26(33(2,28)29)12-3-4-20(27)24-17-7-9-18(10-8-17)34(30,31)25-21-23-11-13-32-21/h5-11,13-14H,3-4,12H2,1-2H3,(H,23,25)(H,24,27). The van der Waals surface area contributed by atoms with Crippen LogP contribution in [0.5, 0.6) is 0 Å². The lowest BCUT2D eigenvalue weighted by Crippen LogP contribution is -2.32. The van der Waals surface area contributed by atoms with E-state index in [4.69, 9.17) is 11.6 Å². The van der Waals surface area contributed by atoms with E-state index in [0.717, 1.165) is 23.2 Å². The highest BCUT2D eigenvalue weighted by molar-refractivity contribution is 7.93. The zero-order chi connectivity index (χ0) is 24.9. The van der Waals surface area contributed by atoms with Crippen LogP contribution >= 0.6 is 22.9 Å². The van der Waals surface area contributed by atoms with Crippen molar-refractivity contribution in [3.63, 3.8) is 0 Å². The maximum atomic E-state index is 12.4. The average molecular weight is 543 g/mol. The highest BCUT2D eigenvalue weighted by Gasteiger charge is 2.20. The van der Waals surface area contributed by atoms with Crippen LogP contribution in [0.1, 0.15) is 18.4 Å². The molecule has 0 fully saturated rings. The Balaban J connectivity index is 1.58. The second-order valence-electron chi connectivity index (χ2n) is 7.38. The maximum absolute atomic E-state index is 12.4. The van der Waals surface area contributed by atoms with Crippen LogP contribution in [0.2, 0.25) is 5.02 Å². The Labute approximate surface area is 207 Å². The van der Waals surface area contributed by atoms with Gasteiger partial charge in [-0.05, 0) is 55.3 Å². The number of aryl methyl sites for hydroxylation is 1. The van der Waals surface area contributed by atoms with Crippen LogP contribution in [0.25, 0.3) is 0 Å². The second-order valence-corrected chi connectivity index (χ2v) is 12.3. The van der Waals surface area contributed by atoms with Gasteiger partial charge in [-0.25, -0.2) is 21.8 Å². The molecule has 0 saturated carbocycles. The molecule has 0 bridgehead atoms. The lowest BCUT2D eigenvalue weighted by Gasteiger charge is -2.24. The summed E-state index contributed by atoms with van der Waals surface area (Å²) < 4.78 is 53.0. The predicted octanol–water partition coefficient (Wildman–Crippen LogP) is 4.09. The molecule has 9 nitrogen and oxygen atoms in total. The first kappa shape index (κ1) is 25.9. The molecule has 0 aliphatic carbocycles. The van der Waals surface area contributed by atoms with Gasteiger partial charge in [0.25, 0.3) is 10.0 Å². The van der Waals surface area contributed by atoms with Crippen LogP contribution in [0.15, 0.2) is 58.9 Å². The lowest BCUT2D eigenvalue weighted by atomic mass is 10.2. The zero-order valence-electron chi connectivity index (χ0n) is 18.4. The molecule has 0 aliphatic rings. The second kappa shape index (κ2) is 10.7. The molecule has 3 rings (SSSR count). The first-order chi connectivity index (χ1) is 16.0. The van der Waals surface area contributed by atoms with Gasteiger partial charge in [0, 0.05) is 35.3 Å². The van der Waals surface area contributed by atoms with Crippen LogP contribution in [-0.4, -0.2) is 40.5 Å². The van der Waals surface area contributed by atoms with Crippen molar-refractivity contribution in [2.45, 2.75) is 24.7 Å². The molecule has 0 aliphatic heterocycles. The van der Waals surface area contributed by atoms with Crippen molar-refractivity contribution in [2.75, 3.05) is 27.1 Å². The van der Waals surface area contributed by atoms with Gasteiger partial charge < -0.3 is 5.32 Å². The molecule has 2 aromatic carbocycles. The number of aromatic nitrogens is 1. The van der Waals surface area contributed by atoms with E-state index < -0.39 is 20.0 Å². The number of amides is 1. The number of nitrogens with zero attached hydrogens (tertiary/aromatic N) is 2. The third-order valence-electron chi connectivity index (χ3n) is 4.71. The number of halogens is 1. The van der Waals surface area contributed by atoms with Crippen molar-refractivity contribution >= 4 is 65.4 Å². The van der Waals surface area contributed by atoms with E-state index in [-0.39, 0.29) is 35.3 Å². The fraction of sp³-hybridized carbons (Fsp3) is 0.238. The molecule has 13 heteroatoms. The Morgan fingerprint density at radius 3 is 2.44 bits per heavy atom. The molecule has 0 unspecified atom stereocenters. The molecular weight excluding hydrogens is 520 g/mol. The summed E-state index contributed by atoms with van der Waals surface area (Å²) in [4.78, 5) is 16.3. The van der Waals surface area contributed by atoms with Gasteiger partial charge in [0.05, 0.1) is 16.8 Å². The maximum Gasteiger partial charge on any atom is 0.263 e. The number of thiazole rings is 1. The van der Waals surface area contributed by atoms with Gasteiger partial charge in [0.15, 0.2) is 5.13 Å². The summed E-state index contributed by atoms with van der Waals surface area (Å²) in [5, 5.41) is 5.01. The number of carbonyl (C=O) groups is 1. The number of nitrogens with one attached hydrogen (secondary N) is 2. The van der Waals surface area contributed by atoms with E-state index in [0.29, 0.717) is 16.4 Å². The highest BCUT2D eigenvalue weighted by Crippen LogP contribution is 2.27. The van der Waals surface area contributed by atoms with Crippen molar-refractivity contribution in [1.82, 2.24) is 4.98 Å². The molecular formula is C21H23ClN4O5S3. The van der Waals surface area contributed by atoms with Crippen LogP contribution in [0.4, 0.5) is 16.5 Å². The molecule has 0 radical (unpaired) electrons. The molecule has 0 saturated heterocycles. The minimum absolute atomic E-state index is 0.0291. The van der Waals surface area contributed by atoms with Gasteiger partial charge >= 0.3 is 0 Å². The quantitative estimate of drug-likeness (QED) is 0.397. The summed E-state index contributed by atoms with van der Waals surface area (Å²) in [7, 11) is -7.36. The average Bonchev–Trinajstić information content (AvgIpc) is 3.25. The first-order valence-corrected chi connectivity index (χ1v) is 14.6. The number of hydrogen-bond acceptors (Lipinski definition) is 7. The molecule has 1 heterocycles. The summed E-state index contributed by atoms with van der Waals surface area (Å²) in [6.07, 6.45) is 2.94. The summed E-state index contributed by atoms with van der Waals surface area (Å²) >= 11 is 7.19. The Morgan fingerprint density at radius 2 is 1.82 bits per heavy atom. The van der Waals surface area contributed by atoms with E-state index >= 15 is 0 Å². The number of carbonyl (C=O) groups excluding carboxylic acids is 1. The van der Waals surface area contributed by atoms with Gasteiger partial charge in [-0.1, -0.05) is 17.7 Å². The third kappa shape index (κ3) is 6.92. The molecule has 2 N–H and O–H groups in total. The summed E-state index contributed by atoms with van der Waals surface area (Å²) in [5.74, 6) is -0.326. The summed E-state index contributed by atoms with van der Waals surface area (Å²) in [6.45, 7) is 1.89. The van der Waals surface area contributed by atoms with Gasteiger partial charge in [0.1, 0.15) is 0 Å². The van der Waals surface area contributed by atoms with Gasteiger partial charge in [-0.3, -0.25) is 13.8 Å². The topological polar surface area (TPSA) is 126 Å². The molecule has 0 spiro atoms. The van der Waals surface area contributed by atoms with Gasteiger partial charge in [-0.15, -0.1) is 11.3 Å². The largest absolute Gasteiger partial charge is 0.326 e. The van der Waals surface area contributed by atoms with Crippen LogP contribution in [0.3, 0.4) is 0 Å². The SMILES string of the molecule is Cc1ccc(Cl)cc1N(CCCC(=O)Nc1ccc(S(=O)(=O)Nc2nccs2)cc1)S(C)(=O)=O. The summed E-state index contributed by atoms with van der Waals surface area (Å²) in [5.41, 5.74) is 1.64. The minimum atomic E-state index is -3.79. The number of hydrogen-bond donors (Lipinski definition) is 2. The smallest absolute Gasteiger partial charge is 0.263 e. The summed E-state index contributed by atoms with van der Waals surface area (Å²) in [6, 6.07) is 10.7. The van der Waals surface area contributed by atoms with Crippen molar-refractivity contribution in [3.8, 4) is 0 Å². The molecule has 0 atom stereocenters.